The fourth-order valence-electron chi connectivity index (χ4n) is 0.298. The first kappa shape index (κ1) is 8.95. The van der Waals surface area contributed by atoms with Crippen LogP contribution in [0, 0.1) is 0 Å². The van der Waals surface area contributed by atoms with Gasteiger partial charge in [-0.15, -0.1) is 0 Å². The van der Waals surface area contributed by atoms with E-state index in [0.717, 1.165) is 11.5 Å². The molecule has 0 spiro atoms. The van der Waals surface area contributed by atoms with Crippen molar-refractivity contribution in [2.45, 2.75) is 13.8 Å². The van der Waals surface area contributed by atoms with Crippen LogP contribution >= 0.6 is 0 Å². The van der Waals surface area contributed by atoms with E-state index in [-0.39, 0.29) is 0 Å². The van der Waals surface area contributed by atoms with Crippen molar-refractivity contribution in [3.63, 3.8) is 0 Å². The highest BCUT2D eigenvalue weighted by Gasteiger charge is 1.81. The number of rotatable bonds is 3. The zero-order valence-electron chi connectivity index (χ0n) is 6.72. The van der Waals surface area contributed by atoms with Crippen LogP contribution in [0.4, 0.5) is 0 Å². The minimum atomic E-state index is 0.793. The van der Waals surface area contributed by atoms with E-state index < -0.39 is 0 Å². The molecule has 0 atom stereocenters. The molecule has 2 nitrogen and oxygen atoms in total. The van der Waals surface area contributed by atoms with E-state index in [1.54, 1.807) is 19.4 Å². The first-order valence-corrected chi connectivity index (χ1v) is 3.08. The van der Waals surface area contributed by atoms with Gasteiger partial charge in [0, 0.05) is 5.71 Å². The molecule has 10 heavy (non-hydrogen) atoms. The summed E-state index contributed by atoms with van der Waals surface area (Å²) in [6, 6.07) is 0. The van der Waals surface area contributed by atoms with Gasteiger partial charge in [-0.05, 0) is 19.9 Å². The highest BCUT2D eigenvalue weighted by molar-refractivity contribution is 5.92. The average molecular weight is 139 g/mol. The topological polar surface area (TPSA) is 21.6 Å². The third kappa shape index (κ3) is 3.89. The SMILES string of the molecule is C=C/C(C)=N\C=C(/C)OC. The molecule has 0 amide bonds. The van der Waals surface area contributed by atoms with Gasteiger partial charge in [-0.25, -0.2) is 0 Å². The summed E-state index contributed by atoms with van der Waals surface area (Å²) < 4.78 is 4.86. The van der Waals surface area contributed by atoms with Crippen LogP contribution < -0.4 is 0 Å². The molecule has 0 fully saturated rings. The van der Waals surface area contributed by atoms with E-state index in [9.17, 15) is 0 Å². The predicted molar refractivity (Wildman–Crippen MR) is 44.1 cm³/mol. The van der Waals surface area contributed by atoms with E-state index in [1.165, 1.54) is 0 Å². The number of hydrogen-bond donors (Lipinski definition) is 0. The van der Waals surface area contributed by atoms with Gasteiger partial charge in [0.05, 0.1) is 13.3 Å². The van der Waals surface area contributed by atoms with Crippen molar-refractivity contribution in [1.29, 1.82) is 0 Å². The molecular weight excluding hydrogens is 126 g/mol. The summed E-state index contributed by atoms with van der Waals surface area (Å²) in [5, 5.41) is 0. The summed E-state index contributed by atoms with van der Waals surface area (Å²) in [6.07, 6.45) is 3.36. The van der Waals surface area contributed by atoms with E-state index in [2.05, 4.69) is 11.6 Å². The van der Waals surface area contributed by atoms with Crippen LogP contribution in [0.5, 0.6) is 0 Å². The average Bonchev–Trinajstić information content (AvgIpc) is 1.99. The number of hydrogen-bond acceptors (Lipinski definition) is 2. The molecule has 0 aliphatic rings. The summed E-state index contributed by atoms with van der Waals surface area (Å²) in [4.78, 5) is 4.02. The van der Waals surface area contributed by atoms with E-state index in [0.29, 0.717) is 0 Å². The Morgan fingerprint density at radius 3 is 2.50 bits per heavy atom. The van der Waals surface area contributed by atoms with Crippen molar-refractivity contribution in [2.24, 2.45) is 4.99 Å². The molecule has 56 valence electrons. The number of ether oxygens (including phenoxy) is 1. The molecule has 0 N–H and O–H groups in total. The Kier molecular flexibility index (Phi) is 4.29. The first-order chi connectivity index (χ1) is 4.70. The van der Waals surface area contributed by atoms with Gasteiger partial charge in [0.25, 0.3) is 0 Å². The summed E-state index contributed by atoms with van der Waals surface area (Å²) >= 11 is 0. The quantitative estimate of drug-likeness (QED) is 0.433. The van der Waals surface area contributed by atoms with Crippen molar-refractivity contribution in [1.82, 2.24) is 0 Å². The Bertz CT molecular complexity index is 168. The molecule has 0 aromatic carbocycles. The van der Waals surface area contributed by atoms with Crippen LogP contribution in [0.2, 0.25) is 0 Å². The first-order valence-electron chi connectivity index (χ1n) is 3.08. The Balaban J connectivity index is 4.03. The lowest BCUT2D eigenvalue weighted by atomic mass is 10.4. The van der Waals surface area contributed by atoms with E-state index >= 15 is 0 Å². The maximum absolute atomic E-state index is 4.86. The van der Waals surface area contributed by atoms with Gasteiger partial charge in [-0.1, -0.05) is 6.58 Å². The van der Waals surface area contributed by atoms with Gasteiger partial charge >= 0.3 is 0 Å². The lowest BCUT2D eigenvalue weighted by Crippen LogP contribution is -1.82. The summed E-state index contributed by atoms with van der Waals surface area (Å²) in [5.41, 5.74) is 0.886. The summed E-state index contributed by atoms with van der Waals surface area (Å²) in [6.45, 7) is 7.29. The molecule has 0 aliphatic heterocycles. The molecule has 0 heterocycles. The predicted octanol–water partition coefficient (Wildman–Crippen LogP) is 2.14. The fourth-order valence-corrected chi connectivity index (χ4v) is 0.298. The maximum atomic E-state index is 4.86. The number of allylic oxidation sites excluding steroid dienone is 2. The molecule has 0 aromatic heterocycles. The third-order valence-electron chi connectivity index (χ3n) is 1.07. The molecule has 0 aliphatic carbocycles. The normalized spacial score (nSPS) is 13.1. The van der Waals surface area contributed by atoms with Crippen molar-refractivity contribution < 1.29 is 4.74 Å². The third-order valence-corrected chi connectivity index (χ3v) is 1.07. The van der Waals surface area contributed by atoms with E-state index in [1.807, 2.05) is 13.8 Å². The fraction of sp³-hybridized carbons (Fsp3) is 0.375. The van der Waals surface area contributed by atoms with Crippen LogP contribution in [0.1, 0.15) is 13.8 Å². The van der Waals surface area contributed by atoms with Crippen LogP contribution in [-0.2, 0) is 4.74 Å². The largest absolute Gasteiger partial charge is 0.500 e. The van der Waals surface area contributed by atoms with Crippen LogP contribution in [0.25, 0.3) is 0 Å². The van der Waals surface area contributed by atoms with Crippen LogP contribution in [0.15, 0.2) is 29.6 Å². The number of methoxy groups -OCH3 is 1. The lowest BCUT2D eigenvalue weighted by Gasteiger charge is -1.94. The Hall–Kier alpha value is -1.05. The molecule has 0 bridgehead atoms. The van der Waals surface area contributed by atoms with Gasteiger partial charge in [-0.3, -0.25) is 4.99 Å². The Morgan fingerprint density at radius 1 is 1.50 bits per heavy atom. The van der Waals surface area contributed by atoms with Crippen molar-refractivity contribution in [3.8, 4) is 0 Å². The molecule has 0 rings (SSSR count). The van der Waals surface area contributed by atoms with Crippen LogP contribution in [-0.4, -0.2) is 12.8 Å². The lowest BCUT2D eigenvalue weighted by molar-refractivity contribution is 0.292. The van der Waals surface area contributed by atoms with Crippen LogP contribution in [0.3, 0.4) is 0 Å². The molecule has 2 heteroatoms. The second-order valence-corrected chi connectivity index (χ2v) is 1.92. The number of nitrogens with zero attached hydrogens (tertiary/aromatic N) is 1. The molecule has 0 saturated heterocycles. The standard InChI is InChI=1S/C8H13NO/c1-5-7(2)9-6-8(3)10-4/h5-6H,1H2,2-4H3/b8-6+,9-7-. The Morgan fingerprint density at radius 2 is 2.10 bits per heavy atom. The molecule has 0 saturated carbocycles. The second kappa shape index (κ2) is 4.79. The maximum Gasteiger partial charge on any atom is 0.111 e. The summed E-state index contributed by atoms with van der Waals surface area (Å²) in [7, 11) is 1.62. The highest BCUT2D eigenvalue weighted by Crippen LogP contribution is 1.92. The van der Waals surface area contributed by atoms with Gasteiger partial charge in [0.15, 0.2) is 0 Å². The van der Waals surface area contributed by atoms with Gasteiger partial charge < -0.3 is 4.74 Å². The summed E-state index contributed by atoms with van der Waals surface area (Å²) in [5.74, 6) is 0.793. The molecule has 0 aromatic rings. The molecular formula is C8H13NO. The van der Waals surface area contributed by atoms with Gasteiger partial charge in [-0.2, -0.15) is 0 Å². The smallest absolute Gasteiger partial charge is 0.111 e. The zero-order valence-corrected chi connectivity index (χ0v) is 6.72. The van der Waals surface area contributed by atoms with Crippen molar-refractivity contribution in [3.05, 3.63) is 24.6 Å². The second-order valence-electron chi connectivity index (χ2n) is 1.92. The van der Waals surface area contributed by atoms with Crippen molar-refractivity contribution >= 4 is 5.71 Å². The monoisotopic (exact) mass is 139 g/mol. The number of aliphatic imine (C=N–C) groups is 1. The van der Waals surface area contributed by atoms with E-state index in [4.69, 9.17) is 4.74 Å². The van der Waals surface area contributed by atoms with Crippen molar-refractivity contribution in [2.75, 3.05) is 7.11 Å². The van der Waals surface area contributed by atoms with Gasteiger partial charge in [0.1, 0.15) is 5.76 Å². The van der Waals surface area contributed by atoms with Gasteiger partial charge in [0.2, 0.25) is 0 Å². The molecule has 0 radical (unpaired) electrons. The molecule has 0 unspecified atom stereocenters. The highest BCUT2D eigenvalue weighted by atomic mass is 16.5. The minimum Gasteiger partial charge on any atom is -0.500 e. The zero-order chi connectivity index (χ0) is 7.98. The minimum absolute atomic E-state index is 0.793. The Labute approximate surface area is 61.9 Å².